The first-order valence-corrected chi connectivity index (χ1v) is 6.49. The highest BCUT2D eigenvalue weighted by Crippen LogP contribution is 2.42. The number of carbonyl (C=O) groups is 1. The Kier molecular flexibility index (Phi) is 2.61. The predicted molar refractivity (Wildman–Crippen MR) is 64.4 cm³/mol. The largest absolute Gasteiger partial charge is 0.478 e. The zero-order chi connectivity index (χ0) is 11.8. The fraction of sp³-hybridized carbons (Fsp3) is 0.571. The van der Waals surface area contributed by atoms with Crippen molar-refractivity contribution in [1.82, 2.24) is 4.98 Å². The molecular weight excluding hydrogens is 214 g/mol. The van der Waals surface area contributed by atoms with Gasteiger partial charge in [-0.3, -0.25) is 4.98 Å². The van der Waals surface area contributed by atoms with E-state index in [1.165, 1.54) is 25.7 Å². The molecule has 3 nitrogen and oxygen atoms in total. The second kappa shape index (κ2) is 4.13. The van der Waals surface area contributed by atoms with Crippen LogP contribution in [0.15, 0.2) is 12.3 Å². The molecule has 0 unspecified atom stereocenters. The summed E-state index contributed by atoms with van der Waals surface area (Å²) in [6.07, 6.45) is 8.99. The van der Waals surface area contributed by atoms with E-state index in [2.05, 4.69) is 4.98 Å². The first-order valence-electron chi connectivity index (χ1n) is 6.49. The molecule has 2 aliphatic carbocycles. The average Bonchev–Trinajstić information content (AvgIpc) is 3.03. The molecule has 2 fully saturated rings. The minimum absolute atomic E-state index is 0.402. The normalized spacial score (nSPS) is 20.7. The maximum atomic E-state index is 11.3. The summed E-state index contributed by atoms with van der Waals surface area (Å²) in [6, 6.07) is 1.87. The minimum atomic E-state index is -0.820. The molecule has 0 atom stereocenters. The molecule has 2 saturated carbocycles. The van der Waals surface area contributed by atoms with Gasteiger partial charge in [0.15, 0.2) is 0 Å². The zero-order valence-electron chi connectivity index (χ0n) is 9.85. The molecule has 0 aromatic carbocycles. The van der Waals surface area contributed by atoms with Crippen molar-refractivity contribution in [3.8, 4) is 0 Å². The molecule has 0 bridgehead atoms. The van der Waals surface area contributed by atoms with Crippen molar-refractivity contribution in [3.05, 3.63) is 29.1 Å². The molecule has 1 aromatic rings. The molecule has 1 heterocycles. The van der Waals surface area contributed by atoms with Gasteiger partial charge in [-0.1, -0.05) is 12.8 Å². The van der Waals surface area contributed by atoms with Crippen LogP contribution in [0.1, 0.15) is 72.0 Å². The van der Waals surface area contributed by atoms with Gasteiger partial charge >= 0.3 is 5.97 Å². The molecule has 1 N–H and O–H groups in total. The topological polar surface area (TPSA) is 50.2 Å². The van der Waals surface area contributed by atoms with Crippen LogP contribution < -0.4 is 0 Å². The van der Waals surface area contributed by atoms with Crippen LogP contribution >= 0.6 is 0 Å². The Labute approximate surface area is 101 Å². The molecule has 3 rings (SSSR count). The number of aromatic nitrogens is 1. The quantitative estimate of drug-likeness (QED) is 0.868. The first kappa shape index (κ1) is 10.8. The lowest BCUT2D eigenvalue weighted by molar-refractivity contribution is 0.0695. The lowest BCUT2D eigenvalue weighted by atomic mass is 9.96. The summed E-state index contributed by atoms with van der Waals surface area (Å²) in [6.45, 7) is 0. The minimum Gasteiger partial charge on any atom is -0.478 e. The molecule has 3 heteroatoms. The molecule has 0 spiro atoms. The Morgan fingerprint density at radius 2 is 1.88 bits per heavy atom. The Hall–Kier alpha value is -1.38. The van der Waals surface area contributed by atoms with Gasteiger partial charge in [-0.05, 0) is 43.2 Å². The monoisotopic (exact) mass is 231 g/mol. The maximum absolute atomic E-state index is 11.3. The smallest absolute Gasteiger partial charge is 0.337 e. The van der Waals surface area contributed by atoms with Gasteiger partial charge in [-0.15, -0.1) is 0 Å². The van der Waals surface area contributed by atoms with Crippen molar-refractivity contribution in [2.24, 2.45) is 0 Å². The molecule has 2 aliphatic rings. The Bertz CT molecular complexity index is 446. The lowest BCUT2D eigenvalue weighted by Gasteiger charge is -2.12. The van der Waals surface area contributed by atoms with Gasteiger partial charge in [0.2, 0.25) is 0 Å². The number of hydrogen-bond donors (Lipinski definition) is 1. The van der Waals surface area contributed by atoms with Crippen LogP contribution in [0.2, 0.25) is 0 Å². The van der Waals surface area contributed by atoms with Gasteiger partial charge < -0.3 is 5.11 Å². The highest BCUT2D eigenvalue weighted by Gasteiger charge is 2.30. The van der Waals surface area contributed by atoms with Crippen LogP contribution in [0.3, 0.4) is 0 Å². The number of nitrogens with zero attached hydrogens (tertiary/aromatic N) is 1. The van der Waals surface area contributed by atoms with Gasteiger partial charge in [0.25, 0.3) is 0 Å². The Balaban J connectivity index is 1.96. The van der Waals surface area contributed by atoms with Crippen molar-refractivity contribution in [2.45, 2.75) is 50.4 Å². The fourth-order valence-electron chi connectivity index (χ4n) is 2.83. The van der Waals surface area contributed by atoms with Crippen LogP contribution in [0.25, 0.3) is 0 Å². The summed E-state index contributed by atoms with van der Waals surface area (Å²) in [5.74, 6) is 0.117. The molecule has 17 heavy (non-hydrogen) atoms. The molecule has 1 aromatic heterocycles. The van der Waals surface area contributed by atoms with E-state index in [0.717, 1.165) is 24.1 Å². The lowest BCUT2D eigenvalue weighted by Crippen LogP contribution is -2.06. The first-order chi connectivity index (χ1) is 8.25. The SMILES string of the molecule is O=C(O)c1cc(C2CCCC2)cnc1C1CC1. The van der Waals surface area contributed by atoms with E-state index in [-0.39, 0.29) is 0 Å². The van der Waals surface area contributed by atoms with Crippen LogP contribution in [0.4, 0.5) is 0 Å². The standard InChI is InChI=1S/C14H17NO2/c16-14(17)12-7-11(9-3-1-2-4-9)8-15-13(12)10-5-6-10/h7-10H,1-6H2,(H,16,17). The third kappa shape index (κ3) is 2.06. The third-order valence-corrected chi connectivity index (χ3v) is 3.96. The van der Waals surface area contributed by atoms with E-state index >= 15 is 0 Å². The van der Waals surface area contributed by atoms with Crippen molar-refractivity contribution < 1.29 is 9.90 Å². The predicted octanol–water partition coefficient (Wildman–Crippen LogP) is 3.31. The molecule has 0 saturated heterocycles. The summed E-state index contributed by atoms with van der Waals surface area (Å²) < 4.78 is 0. The van der Waals surface area contributed by atoms with Gasteiger partial charge in [0, 0.05) is 12.1 Å². The molecule has 90 valence electrons. The third-order valence-electron chi connectivity index (χ3n) is 3.96. The Morgan fingerprint density at radius 1 is 1.18 bits per heavy atom. The second-order valence-electron chi connectivity index (χ2n) is 5.26. The van der Waals surface area contributed by atoms with E-state index in [0.29, 0.717) is 17.4 Å². The number of aromatic carboxylic acids is 1. The van der Waals surface area contributed by atoms with Gasteiger partial charge in [-0.25, -0.2) is 4.79 Å². The zero-order valence-corrected chi connectivity index (χ0v) is 9.85. The number of carboxylic acids is 1. The summed E-state index contributed by atoms with van der Waals surface area (Å²) >= 11 is 0. The van der Waals surface area contributed by atoms with Gasteiger partial charge in [-0.2, -0.15) is 0 Å². The number of carboxylic acid groups (broad SMARTS) is 1. The molecule has 0 radical (unpaired) electrons. The van der Waals surface area contributed by atoms with E-state index < -0.39 is 5.97 Å². The van der Waals surface area contributed by atoms with E-state index in [9.17, 15) is 9.90 Å². The van der Waals surface area contributed by atoms with Crippen molar-refractivity contribution in [3.63, 3.8) is 0 Å². The van der Waals surface area contributed by atoms with Crippen LogP contribution in [-0.4, -0.2) is 16.1 Å². The highest BCUT2D eigenvalue weighted by molar-refractivity contribution is 5.89. The highest BCUT2D eigenvalue weighted by atomic mass is 16.4. The number of hydrogen-bond acceptors (Lipinski definition) is 2. The average molecular weight is 231 g/mol. The van der Waals surface area contributed by atoms with E-state index in [1.54, 1.807) is 0 Å². The summed E-state index contributed by atoms with van der Waals surface area (Å²) in [5, 5.41) is 9.27. The van der Waals surface area contributed by atoms with Gasteiger partial charge in [0.05, 0.1) is 11.3 Å². The summed E-state index contributed by atoms with van der Waals surface area (Å²) in [4.78, 5) is 15.7. The number of pyridine rings is 1. The molecule has 0 amide bonds. The maximum Gasteiger partial charge on any atom is 0.337 e. The van der Waals surface area contributed by atoms with Gasteiger partial charge in [0.1, 0.15) is 0 Å². The van der Waals surface area contributed by atoms with E-state index in [4.69, 9.17) is 0 Å². The van der Waals surface area contributed by atoms with Crippen LogP contribution in [-0.2, 0) is 0 Å². The number of rotatable bonds is 3. The van der Waals surface area contributed by atoms with Crippen molar-refractivity contribution in [1.29, 1.82) is 0 Å². The fourth-order valence-corrected chi connectivity index (χ4v) is 2.83. The van der Waals surface area contributed by atoms with Crippen molar-refractivity contribution >= 4 is 5.97 Å². The van der Waals surface area contributed by atoms with E-state index in [1.807, 2.05) is 12.3 Å². The molecular formula is C14H17NO2. The second-order valence-corrected chi connectivity index (χ2v) is 5.26. The van der Waals surface area contributed by atoms with Crippen LogP contribution in [0.5, 0.6) is 0 Å². The summed E-state index contributed by atoms with van der Waals surface area (Å²) in [5.41, 5.74) is 2.38. The summed E-state index contributed by atoms with van der Waals surface area (Å²) in [7, 11) is 0. The van der Waals surface area contributed by atoms with Crippen LogP contribution in [0, 0.1) is 0 Å². The van der Waals surface area contributed by atoms with Crippen molar-refractivity contribution in [2.75, 3.05) is 0 Å². The molecule has 0 aliphatic heterocycles. The Morgan fingerprint density at radius 3 is 2.47 bits per heavy atom.